The Balaban J connectivity index is 2.42. The normalized spacial score (nSPS) is 23.1. The summed E-state index contributed by atoms with van der Waals surface area (Å²) in [4.78, 5) is 22.4. The van der Waals surface area contributed by atoms with Gasteiger partial charge in [0.1, 0.15) is 6.04 Å². The van der Waals surface area contributed by atoms with Crippen molar-refractivity contribution >= 4 is 23.6 Å². The number of hydrogen-bond acceptors (Lipinski definition) is 3. The number of carboxylic acids is 1. The first-order valence-corrected chi connectivity index (χ1v) is 6.34. The molecule has 1 fully saturated rings. The lowest BCUT2D eigenvalue weighted by Crippen LogP contribution is -2.44. The molecule has 4 nitrogen and oxygen atoms in total. The first-order valence-electron chi connectivity index (χ1n) is 5.30. The van der Waals surface area contributed by atoms with Gasteiger partial charge in [0.25, 0.3) is 0 Å². The van der Waals surface area contributed by atoms with Gasteiger partial charge in [-0.05, 0) is 25.0 Å². The van der Waals surface area contributed by atoms with E-state index in [1.807, 2.05) is 0 Å². The molecule has 1 amide bonds. The van der Waals surface area contributed by atoms with Gasteiger partial charge in [-0.25, -0.2) is 4.79 Å². The Bertz CT molecular complexity index is 239. The van der Waals surface area contributed by atoms with Crippen LogP contribution in [0.25, 0.3) is 0 Å². The van der Waals surface area contributed by atoms with E-state index in [1.165, 1.54) is 0 Å². The highest BCUT2D eigenvalue weighted by atomic mass is 32.2. The highest BCUT2D eigenvalue weighted by molar-refractivity contribution is 8.00. The Labute approximate surface area is 93.8 Å². The number of carbonyl (C=O) groups excluding carboxylic acids is 1. The van der Waals surface area contributed by atoms with E-state index in [0.29, 0.717) is 6.42 Å². The minimum absolute atomic E-state index is 0.0489. The maximum absolute atomic E-state index is 11.7. The zero-order chi connectivity index (χ0) is 11.3. The van der Waals surface area contributed by atoms with Crippen molar-refractivity contribution in [2.75, 3.05) is 5.75 Å². The second kappa shape index (κ2) is 6.00. The van der Waals surface area contributed by atoms with Gasteiger partial charge in [-0.2, -0.15) is 0 Å². The van der Waals surface area contributed by atoms with Crippen LogP contribution in [0, 0.1) is 0 Å². The second-order valence-electron chi connectivity index (χ2n) is 3.66. The van der Waals surface area contributed by atoms with Crippen LogP contribution in [0.5, 0.6) is 0 Å². The Hall–Kier alpha value is -0.710. The molecule has 2 unspecified atom stereocenters. The van der Waals surface area contributed by atoms with Crippen LogP contribution in [0.4, 0.5) is 0 Å². The fourth-order valence-electron chi connectivity index (χ4n) is 1.55. The molecule has 0 aliphatic carbocycles. The standard InChI is InChI=1S/C10H17NO3S/c1-2-7(10(13)14)11-9(12)8-5-3-4-6-15-8/h7-8H,2-6H2,1H3,(H,11,12)(H,13,14). The lowest BCUT2D eigenvalue weighted by molar-refractivity contribution is -0.141. The maximum Gasteiger partial charge on any atom is 0.326 e. The van der Waals surface area contributed by atoms with Gasteiger partial charge in [0.05, 0.1) is 5.25 Å². The highest BCUT2D eigenvalue weighted by Crippen LogP contribution is 2.25. The highest BCUT2D eigenvalue weighted by Gasteiger charge is 2.25. The number of carboxylic acid groups (broad SMARTS) is 1. The van der Waals surface area contributed by atoms with Crippen molar-refractivity contribution in [3.63, 3.8) is 0 Å². The fourth-order valence-corrected chi connectivity index (χ4v) is 2.76. The molecule has 15 heavy (non-hydrogen) atoms. The van der Waals surface area contributed by atoms with Crippen LogP contribution < -0.4 is 5.32 Å². The van der Waals surface area contributed by atoms with E-state index in [4.69, 9.17) is 5.11 Å². The summed E-state index contributed by atoms with van der Waals surface area (Å²) in [6.45, 7) is 1.76. The summed E-state index contributed by atoms with van der Waals surface area (Å²) < 4.78 is 0. The fraction of sp³-hybridized carbons (Fsp3) is 0.800. The first-order chi connectivity index (χ1) is 7.15. The van der Waals surface area contributed by atoms with Crippen molar-refractivity contribution in [2.24, 2.45) is 0 Å². The molecule has 1 aliphatic rings. The minimum Gasteiger partial charge on any atom is -0.480 e. The SMILES string of the molecule is CCC(NC(=O)C1CCCCS1)C(=O)O. The number of nitrogens with one attached hydrogen (secondary N) is 1. The molecule has 1 aliphatic heterocycles. The molecule has 0 aromatic carbocycles. The van der Waals surface area contributed by atoms with Crippen LogP contribution in [0.2, 0.25) is 0 Å². The van der Waals surface area contributed by atoms with Crippen molar-refractivity contribution < 1.29 is 14.7 Å². The predicted molar refractivity (Wildman–Crippen MR) is 60.0 cm³/mol. The van der Waals surface area contributed by atoms with Gasteiger partial charge < -0.3 is 10.4 Å². The lowest BCUT2D eigenvalue weighted by Gasteiger charge is -2.22. The van der Waals surface area contributed by atoms with E-state index >= 15 is 0 Å². The minimum atomic E-state index is -0.952. The van der Waals surface area contributed by atoms with Crippen molar-refractivity contribution in [2.45, 2.75) is 43.9 Å². The van der Waals surface area contributed by atoms with E-state index in [9.17, 15) is 9.59 Å². The van der Waals surface area contributed by atoms with E-state index in [1.54, 1.807) is 18.7 Å². The van der Waals surface area contributed by atoms with Crippen LogP contribution in [-0.2, 0) is 9.59 Å². The van der Waals surface area contributed by atoms with Crippen molar-refractivity contribution in [1.82, 2.24) is 5.32 Å². The quantitative estimate of drug-likeness (QED) is 0.764. The topological polar surface area (TPSA) is 66.4 Å². The van der Waals surface area contributed by atoms with Crippen LogP contribution in [0.1, 0.15) is 32.6 Å². The number of thioether (sulfide) groups is 1. The van der Waals surface area contributed by atoms with Crippen LogP contribution in [0.15, 0.2) is 0 Å². The van der Waals surface area contributed by atoms with E-state index in [0.717, 1.165) is 25.0 Å². The molecule has 86 valence electrons. The molecule has 0 spiro atoms. The van der Waals surface area contributed by atoms with Gasteiger partial charge in [0, 0.05) is 0 Å². The Morgan fingerprint density at radius 1 is 1.53 bits per heavy atom. The molecule has 1 rings (SSSR count). The molecule has 0 aromatic rings. The van der Waals surface area contributed by atoms with Gasteiger partial charge in [-0.3, -0.25) is 4.79 Å². The largest absolute Gasteiger partial charge is 0.480 e. The summed E-state index contributed by atoms with van der Waals surface area (Å²) in [5.74, 6) is -0.0669. The zero-order valence-electron chi connectivity index (χ0n) is 8.86. The van der Waals surface area contributed by atoms with E-state index in [-0.39, 0.29) is 11.2 Å². The first kappa shape index (κ1) is 12.4. The molecule has 2 N–H and O–H groups in total. The summed E-state index contributed by atoms with van der Waals surface area (Å²) in [5, 5.41) is 11.3. The van der Waals surface area contributed by atoms with Gasteiger partial charge >= 0.3 is 5.97 Å². The number of carbonyl (C=O) groups is 2. The Morgan fingerprint density at radius 2 is 2.27 bits per heavy atom. The zero-order valence-corrected chi connectivity index (χ0v) is 9.68. The molecule has 1 saturated heterocycles. The van der Waals surface area contributed by atoms with Gasteiger partial charge in [0.15, 0.2) is 0 Å². The molecule has 0 aromatic heterocycles. The number of aliphatic carboxylic acids is 1. The molecule has 2 atom stereocenters. The predicted octanol–water partition coefficient (Wildman–Crippen LogP) is 1.25. The van der Waals surface area contributed by atoms with E-state index < -0.39 is 12.0 Å². The number of rotatable bonds is 4. The third kappa shape index (κ3) is 3.74. The molecule has 5 heteroatoms. The van der Waals surface area contributed by atoms with Crippen LogP contribution in [-0.4, -0.2) is 34.0 Å². The van der Waals surface area contributed by atoms with E-state index in [2.05, 4.69) is 5.32 Å². The third-order valence-electron chi connectivity index (χ3n) is 2.49. The van der Waals surface area contributed by atoms with Gasteiger partial charge in [0.2, 0.25) is 5.91 Å². The third-order valence-corrected chi connectivity index (χ3v) is 3.87. The van der Waals surface area contributed by atoms with Gasteiger partial charge in [-0.15, -0.1) is 11.8 Å². The molecule has 1 heterocycles. The van der Waals surface area contributed by atoms with Crippen LogP contribution >= 0.6 is 11.8 Å². The monoisotopic (exact) mass is 231 g/mol. The average Bonchev–Trinajstić information content (AvgIpc) is 2.26. The molecule has 0 saturated carbocycles. The second-order valence-corrected chi connectivity index (χ2v) is 4.97. The smallest absolute Gasteiger partial charge is 0.326 e. The average molecular weight is 231 g/mol. The molecule has 0 radical (unpaired) electrons. The van der Waals surface area contributed by atoms with Crippen molar-refractivity contribution in [3.8, 4) is 0 Å². The number of hydrogen-bond donors (Lipinski definition) is 2. The Morgan fingerprint density at radius 3 is 2.73 bits per heavy atom. The molecule has 0 bridgehead atoms. The summed E-state index contributed by atoms with van der Waals surface area (Å²) in [7, 11) is 0. The molecular formula is C10H17NO3S. The number of amides is 1. The Kier molecular flexibility index (Phi) is 4.94. The summed E-state index contributed by atoms with van der Waals surface area (Å²) in [6, 6.07) is -0.736. The summed E-state index contributed by atoms with van der Waals surface area (Å²) in [6.07, 6.45) is 3.52. The maximum atomic E-state index is 11.7. The van der Waals surface area contributed by atoms with Crippen LogP contribution in [0.3, 0.4) is 0 Å². The van der Waals surface area contributed by atoms with Crippen molar-refractivity contribution in [3.05, 3.63) is 0 Å². The summed E-state index contributed by atoms with van der Waals surface area (Å²) in [5.41, 5.74) is 0. The van der Waals surface area contributed by atoms with Gasteiger partial charge in [-0.1, -0.05) is 13.3 Å². The van der Waals surface area contributed by atoms with Crippen molar-refractivity contribution in [1.29, 1.82) is 0 Å². The lowest BCUT2D eigenvalue weighted by atomic mass is 10.1. The summed E-state index contributed by atoms with van der Waals surface area (Å²) >= 11 is 1.63. The molecular weight excluding hydrogens is 214 g/mol.